The van der Waals surface area contributed by atoms with Crippen LogP contribution in [-0.4, -0.2) is 14.1 Å². The Balaban J connectivity index is 0.00000312. The molecule has 0 N–H and O–H groups in total. The standard InChI is InChI=1S/C39H26N5O.Pt/c1-41-21-20-27-25-40-39(24-37(27)41)44-34-15-6-5-14-32(34)33-19-18-31(23-38(33)44)45-30-13-9-12-29(22-30)43-26-42(28-10-3-2-4-11-28)35-16-7-8-17-36(35)43;/h2-21,24-26H,1H3;/q-3;. The van der Waals surface area contributed by atoms with Crippen molar-refractivity contribution in [2.24, 2.45) is 7.05 Å². The van der Waals surface area contributed by atoms with Gasteiger partial charge in [0.2, 0.25) is 0 Å². The van der Waals surface area contributed by atoms with Gasteiger partial charge in [0.05, 0.1) is 5.52 Å². The van der Waals surface area contributed by atoms with Crippen molar-refractivity contribution in [1.29, 1.82) is 0 Å². The molecule has 0 radical (unpaired) electrons. The number of aromatic nitrogens is 3. The second kappa shape index (κ2) is 11.2. The predicted molar refractivity (Wildman–Crippen MR) is 181 cm³/mol. The smallest absolute Gasteiger partial charge is 0.137 e. The molecule has 3 aromatic heterocycles. The van der Waals surface area contributed by atoms with Gasteiger partial charge in [-0.1, -0.05) is 54.0 Å². The number of rotatable bonds is 5. The summed E-state index contributed by atoms with van der Waals surface area (Å²) in [5, 5.41) is 3.34. The number of hydrogen-bond acceptors (Lipinski definition) is 4. The Labute approximate surface area is 281 Å². The Morgan fingerprint density at radius 3 is 2.30 bits per heavy atom. The van der Waals surface area contributed by atoms with Gasteiger partial charge in [-0.05, 0) is 41.8 Å². The molecule has 0 unspecified atom stereocenters. The number of benzene rings is 5. The first-order chi connectivity index (χ1) is 22.2. The molecule has 8 aromatic rings. The molecule has 6 nitrogen and oxygen atoms in total. The summed E-state index contributed by atoms with van der Waals surface area (Å²) in [7, 11) is 2.05. The van der Waals surface area contributed by atoms with Crippen molar-refractivity contribution in [3.05, 3.63) is 153 Å². The van der Waals surface area contributed by atoms with Crippen LogP contribution in [0.3, 0.4) is 0 Å². The van der Waals surface area contributed by atoms with Gasteiger partial charge in [-0.2, -0.15) is 12.1 Å². The minimum absolute atomic E-state index is 0. The van der Waals surface area contributed by atoms with Crippen molar-refractivity contribution in [1.82, 2.24) is 14.1 Å². The quantitative estimate of drug-likeness (QED) is 0.164. The van der Waals surface area contributed by atoms with E-state index in [0.29, 0.717) is 11.5 Å². The van der Waals surface area contributed by atoms with Gasteiger partial charge in [-0.15, -0.1) is 48.1 Å². The maximum atomic E-state index is 6.45. The molecule has 1 aliphatic heterocycles. The number of nitrogens with zero attached hydrogens (tertiary/aromatic N) is 5. The fourth-order valence-corrected chi connectivity index (χ4v) is 6.30. The Morgan fingerprint density at radius 2 is 1.43 bits per heavy atom. The number of anilines is 4. The maximum absolute atomic E-state index is 6.45. The molecule has 0 atom stereocenters. The first-order valence-electron chi connectivity index (χ1n) is 14.9. The van der Waals surface area contributed by atoms with Crippen LogP contribution in [-0.2, 0) is 28.1 Å². The van der Waals surface area contributed by atoms with Crippen LogP contribution in [0.15, 0.2) is 134 Å². The summed E-state index contributed by atoms with van der Waals surface area (Å²) in [5.41, 5.74) is 7.27. The van der Waals surface area contributed by atoms with Crippen molar-refractivity contribution >= 4 is 55.5 Å². The third kappa shape index (κ3) is 4.56. The molecule has 1 aliphatic rings. The summed E-state index contributed by atoms with van der Waals surface area (Å²) >= 11 is 0. The number of pyridine rings is 1. The van der Waals surface area contributed by atoms with Crippen molar-refractivity contribution < 1.29 is 25.8 Å². The van der Waals surface area contributed by atoms with E-state index in [0.717, 1.165) is 61.3 Å². The van der Waals surface area contributed by atoms with E-state index in [9.17, 15) is 0 Å². The second-order valence-corrected chi connectivity index (χ2v) is 11.1. The van der Waals surface area contributed by atoms with Gasteiger partial charge in [0.1, 0.15) is 5.82 Å². The van der Waals surface area contributed by atoms with Crippen LogP contribution in [0, 0.1) is 18.8 Å². The molecule has 0 amide bonds. The molecule has 9 rings (SSSR count). The van der Waals surface area contributed by atoms with E-state index < -0.39 is 0 Å². The van der Waals surface area contributed by atoms with Gasteiger partial charge >= 0.3 is 0 Å². The normalized spacial score (nSPS) is 12.5. The van der Waals surface area contributed by atoms with E-state index in [-0.39, 0.29) is 21.1 Å². The van der Waals surface area contributed by atoms with Gasteiger partial charge in [0.15, 0.2) is 0 Å². The topological polar surface area (TPSA) is 38.5 Å². The predicted octanol–water partition coefficient (Wildman–Crippen LogP) is 9.47. The van der Waals surface area contributed by atoms with Crippen LogP contribution in [0.25, 0.3) is 38.5 Å². The van der Waals surface area contributed by atoms with Crippen LogP contribution in [0.4, 0.5) is 22.7 Å². The maximum Gasteiger partial charge on any atom is 0.137 e. The van der Waals surface area contributed by atoms with Gasteiger partial charge in [-0.3, -0.25) is 0 Å². The molecular formula is C39H26N5OPt-3. The first-order valence-corrected chi connectivity index (χ1v) is 14.9. The third-order valence-electron chi connectivity index (χ3n) is 8.44. The Kier molecular flexibility index (Phi) is 6.88. The summed E-state index contributed by atoms with van der Waals surface area (Å²) in [6, 6.07) is 48.5. The SMILES string of the molecule is Cn1ccc2cnc(-n3c4[c-]c(Oc5[c-]c(N6[CH-]N(c7ccccc7)c7ccccc76)ccc5)ccc4c4ccccc43)cc21.[Pt]. The van der Waals surface area contributed by atoms with Gasteiger partial charge < -0.3 is 23.7 Å². The molecule has 4 heterocycles. The van der Waals surface area contributed by atoms with E-state index in [1.165, 1.54) is 0 Å². The second-order valence-electron chi connectivity index (χ2n) is 11.1. The molecule has 0 aliphatic carbocycles. The van der Waals surface area contributed by atoms with Crippen LogP contribution in [0.5, 0.6) is 11.5 Å². The Bertz CT molecular complexity index is 2380. The molecule has 7 heteroatoms. The average Bonchev–Trinajstić information content (AvgIpc) is 3.76. The molecule has 0 saturated carbocycles. The van der Waals surface area contributed by atoms with Gasteiger partial charge in [0, 0.05) is 86.0 Å². The Hall–Kier alpha value is -5.32. The zero-order valence-electron chi connectivity index (χ0n) is 24.7. The summed E-state index contributed by atoms with van der Waals surface area (Å²) in [5.74, 6) is 2.05. The fourth-order valence-electron chi connectivity index (χ4n) is 6.30. The molecule has 226 valence electrons. The largest absolute Gasteiger partial charge is 0.509 e. The van der Waals surface area contributed by atoms with E-state index >= 15 is 0 Å². The molecular weight excluding hydrogens is 750 g/mol. The molecule has 0 saturated heterocycles. The molecule has 5 aromatic carbocycles. The summed E-state index contributed by atoms with van der Waals surface area (Å²) in [4.78, 5) is 9.19. The van der Waals surface area contributed by atoms with E-state index in [1.807, 2.05) is 36.5 Å². The van der Waals surface area contributed by atoms with E-state index in [2.05, 4.69) is 142 Å². The fraction of sp³-hybridized carbons (Fsp3) is 0.0256. The van der Waals surface area contributed by atoms with E-state index in [1.54, 1.807) is 0 Å². The Morgan fingerprint density at radius 1 is 0.674 bits per heavy atom. The van der Waals surface area contributed by atoms with Crippen molar-refractivity contribution in [3.8, 4) is 17.3 Å². The minimum Gasteiger partial charge on any atom is -0.509 e. The molecule has 46 heavy (non-hydrogen) atoms. The zero-order chi connectivity index (χ0) is 29.9. The van der Waals surface area contributed by atoms with Crippen LogP contribution in [0.2, 0.25) is 0 Å². The molecule has 0 bridgehead atoms. The van der Waals surface area contributed by atoms with Crippen LogP contribution >= 0.6 is 0 Å². The van der Waals surface area contributed by atoms with Gasteiger partial charge in [0.25, 0.3) is 0 Å². The number of ether oxygens (including phenoxy) is 1. The molecule has 0 fully saturated rings. The molecule has 0 spiro atoms. The number of aryl methyl sites for hydroxylation is 1. The first kappa shape index (κ1) is 28.2. The summed E-state index contributed by atoms with van der Waals surface area (Å²) < 4.78 is 10.7. The zero-order valence-corrected chi connectivity index (χ0v) is 27.0. The number of para-hydroxylation sites is 4. The average molecular weight is 776 g/mol. The summed E-state index contributed by atoms with van der Waals surface area (Å²) in [6.45, 7) is 2.10. The van der Waals surface area contributed by atoms with Crippen molar-refractivity contribution in [2.75, 3.05) is 9.80 Å². The third-order valence-corrected chi connectivity index (χ3v) is 8.44. The van der Waals surface area contributed by atoms with Gasteiger partial charge in [-0.25, -0.2) is 4.98 Å². The van der Waals surface area contributed by atoms with Crippen molar-refractivity contribution in [3.63, 3.8) is 0 Å². The monoisotopic (exact) mass is 775 g/mol. The van der Waals surface area contributed by atoms with Crippen LogP contribution in [0.1, 0.15) is 0 Å². The summed E-state index contributed by atoms with van der Waals surface area (Å²) in [6.07, 6.45) is 3.99. The number of fused-ring (bicyclic) bond motifs is 5. The van der Waals surface area contributed by atoms with Crippen LogP contribution < -0.4 is 14.5 Å². The van der Waals surface area contributed by atoms with E-state index in [4.69, 9.17) is 9.72 Å². The number of hydrogen-bond donors (Lipinski definition) is 0. The van der Waals surface area contributed by atoms with Crippen molar-refractivity contribution in [2.45, 2.75) is 0 Å². The minimum atomic E-state index is 0.